The molecule has 0 bridgehead atoms. The van der Waals surface area contributed by atoms with E-state index in [0.717, 1.165) is 0 Å². The minimum absolute atomic E-state index is 0.167. The van der Waals surface area contributed by atoms with Gasteiger partial charge in [0, 0.05) is 12.2 Å². The maximum absolute atomic E-state index is 13.5. The number of nitrogens with zero attached hydrogens (tertiary/aromatic N) is 3. The van der Waals surface area contributed by atoms with Crippen molar-refractivity contribution < 1.29 is 9.18 Å². The molecule has 3 rings (SSSR count). The SMILES string of the molecule is N#Cc1cccc(Nc2cnc(C(=O)NCCc3ccccc3F)cn2)c1. The Morgan fingerprint density at radius 1 is 1.11 bits per heavy atom. The summed E-state index contributed by atoms with van der Waals surface area (Å²) in [6.07, 6.45) is 3.18. The molecule has 0 radical (unpaired) electrons. The van der Waals surface area contributed by atoms with E-state index in [0.29, 0.717) is 35.6 Å². The Bertz CT molecular complexity index is 982. The third kappa shape index (κ3) is 4.86. The molecule has 0 spiro atoms. The summed E-state index contributed by atoms with van der Waals surface area (Å²) < 4.78 is 13.5. The fraction of sp³-hybridized carbons (Fsp3) is 0.100. The molecular formula is C20H16FN5O. The maximum Gasteiger partial charge on any atom is 0.271 e. The molecule has 0 aliphatic heterocycles. The summed E-state index contributed by atoms with van der Waals surface area (Å²) in [5, 5.41) is 14.6. The van der Waals surface area contributed by atoms with Gasteiger partial charge in [0.25, 0.3) is 5.91 Å². The lowest BCUT2D eigenvalue weighted by Gasteiger charge is -2.07. The van der Waals surface area contributed by atoms with Crippen LogP contribution >= 0.6 is 0 Å². The molecule has 0 aliphatic rings. The molecule has 2 N–H and O–H groups in total. The molecule has 0 unspecified atom stereocenters. The zero-order valence-corrected chi connectivity index (χ0v) is 14.3. The molecule has 6 nitrogen and oxygen atoms in total. The average molecular weight is 361 g/mol. The lowest BCUT2D eigenvalue weighted by molar-refractivity contribution is 0.0948. The molecular weight excluding hydrogens is 345 g/mol. The van der Waals surface area contributed by atoms with Crippen LogP contribution in [0.1, 0.15) is 21.6 Å². The van der Waals surface area contributed by atoms with Gasteiger partial charge in [-0.3, -0.25) is 4.79 Å². The van der Waals surface area contributed by atoms with Crippen molar-refractivity contribution in [3.8, 4) is 6.07 Å². The molecule has 0 aliphatic carbocycles. The second kappa shape index (κ2) is 8.54. The van der Waals surface area contributed by atoms with E-state index < -0.39 is 0 Å². The Labute approximate surface area is 155 Å². The zero-order valence-electron chi connectivity index (χ0n) is 14.3. The van der Waals surface area contributed by atoms with E-state index in [4.69, 9.17) is 5.26 Å². The fourth-order valence-electron chi connectivity index (χ4n) is 2.43. The first-order chi connectivity index (χ1) is 13.2. The van der Waals surface area contributed by atoms with Crippen LogP contribution in [0.5, 0.6) is 0 Å². The smallest absolute Gasteiger partial charge is 0.271 e. The van der Waals surface area contributed by atoms with Gasteiger partial charge in [0.2, 0.25) is 0 Å². The van der Waals surface area contributed by atoms with E-state index in [1.807, 2.05) is 0 Å². The van der Waals surface area contributed by atoms with E-state index in [1.54, 1.807) is 42.5 Å². The largest absolute Gasteiger partial charge is 0.350 e. The Morgan fingerprint density at radius 2 is 1.96 bits per heavy atom. The summed E-state index contributed by atoms with van der Waals surface area (Å²) in [6, 6.07) is 15.4. The Balaban J connectivity index is 1.55. The lowest BCUT2D eigenvalue weighted by Crippen LogP contribution is -2.26. The minimum Gasteiger partial charge on any atom is -0.350 e. The predicted molar refractivity (Wildman–Crippen MR) is 98.9 cm³/mol. The zero-order chi connectivity index (χ0) is 19.1. The van der Waals surface area contributed by atoms with Gasteiger partial charge in [0.15, 0.2) is 0 Å². The summed E-state index contributed by atoms with van der Waals surface area (Å²) in [4.78, 5) is 20.3. The summed E-state index contributed by atoms with van der Waals surface area (Å²) >= 11 is 0. The second-order valence-electron chi connectivity index (χ2n) is 5.70. The van der Waals surface area contributed by atoms with E-state index in [-0.39, 0.29) is 17.4 Å². The van der Waals surface area contributed by atoms with Crippen molar-refractivity contribution >= 4 is 17.4 Å². The molecule has 1 amide bonds. The van der Waals surface area contributed by atoms with Crippen molar-refractivity contribution in [2.24, 2.45) is 0 Å². The van der Waals surface area contributed by atoms with Crippen LogP contribution < -0.4 is 10.6 Å². The highest BCUT2D eigenvalue weighted by atomic mass is 19.1. The number of nitrogens with one attached hydrogen (secondary N) is 2. The number of rotatable bonds is 6. The van der Waals surface area contributed by atoms with E-state index in [9.17, 15) is 9.18 Å². The number of hydrogen-bond acceptors (Lipinski definition) is 5. The van der Waals surface area contributed by atoms with Crippen molar-refractivity contribution in [3.05, 3.63) is 83.6 Å². The highest BCUT2D eigenvalue weighted by molar-refractivity contribution is 5.92. The second-order valence-corrected chi connectivity index (χ2v) is 5.70. The number of aromatic nitrogens is 2. The van der Waals surface area contributed by atoms with Gasteiger partial charge in [0.1, 0.15) is 17.3 Å². The first kappa shape index (κ1) is 18.0. The highest BCUT2D eigenvalue weighted by Crippen LogP contribution is 2.15. The van der Waals surface area contributed by atoms with Crippen molar-refractivity contribution in [1.29, 1.82) is 5.26 Å². The lowest BCUT2D eigenvalue weighted by atomic mass is 10.1. The van der Waals surface area contributed by atoms with E-state index in [1.165, 1.54) is 18.5 Å². The van der Waals surface area contributed by atoms with Gasteiger partial charge in [-0.1, -0.05) is 24.3 Å². The van der Waals surface area contributed by atoms with Crippen molar-refractivity contribution in [2.45, 2.75) is 6.42 Å². The molecule has 0 fully saturated rings. The molecule has 0 atom stereocenters. The maximum atomic E-state index is 13.5. The van der Waals surface area contributed by atoms with E-state index >= 15 is 0 Å². The number of halogens is 1. The van der Waals surface area contributed by atoms with Crippen LogP contribution in [0.3, 0.4) is 0 Å². The van der Waals surface area contributed by atoms with Gasteiger partial charge in [-0.25, -0.2) is 14.4 Å². The molecule has 3 aromatic rings. The Kier molecular flexibility index (Phi) is 5.70. The van der Waals surface area contributed by atoms with Crippen LogP contribution in [0.25, 0.3) is 0 Å². The molecule has 0 saturated carbocycles. The van der Waals surface area contributed by atoms with E-state index in [2.05, 4.69) is 26.7 Å². The normalized spacial score (nSPS) is 10.1. The van der Waals surface area contributed by atoms with Gasteiger partial charge in [0.05, 0.1) is 24.0 Å². The molecule has 134 valence electrons. The number of nitriles is 1. The van der Waals surface area contributed by atoms with Gasteiger partial charge >= 0.3 is 0 Å². The minimum atomic E-state index is -0.378. The number of carbonyl (C=O) groups excluding carboxylic acids is 1. The van der Waals surface area contributed by atoms with Crippen molar-refractivity contribution in [1.82, 2.24) is 15.3 Å². The molecule has 1 heterocycles. The van der Waals surface area contributed by atoms with Crippen LogP contribution in [0.15, 0.2) is 60.9 Å². The summed E-state index contributed by atoms with van der Waals surface area (Å²) in [5.74, 6) is -0.215. The molecule has 27 heavy (non-hydrogen) atoms. The van der Waals surface area contributed by atoms with Crippen molar-refractivity contribution in [2.75, 3.05) is 11.9 Å². The van der Waals surface area contributed by atoms with Crippen LogP contribution in [0, 0.1) is 17.1 Å². The first-order valence-electron chi connectivity index (χ1n) is 8.26. The summed E-state index contributed by atoms with van der Waals surface area (Å²) in [7, 11) is 0. The molecule has 2 aromatic carbocycles. The number of hydrogen-bond donors (Lipinski definition) is 2. The van der Waals surface area contributed by atoms with Crippen molar-refractivity contribution in [3.63, 3.8) is 0 Å². The molecule has 1 aromatic heterocycles. The standard InChI is InChI=1S/C20H16FN5O/c21-17-7-2-1-5-15(17)8-9-23-20(27)18-12-25-19(13-24-18)26-16-6-3-4-14(10-16)11-22/h1-7,10,12-13H,8-9H2,(H,23,27)(H,25,26). The van der Waals surface area contributed by atoms with Gasteiger partial charge in [-0.15, -0.1) is 0 Å². The number of carbonyl (C=O) groups is 1. The highest BCUT2D eigenvalue weighted by Gasteiger charge is 2.08. The average Bonchev–Trinajstić information content (AvgIpc) is 2.70. The van der Waals surface area contributed by atoms with Gasteiger partial charge in [-0.05, 0) is 36.2 Å². The number of anilines is 2. The summed E-state index contributed by atoms with van der Waals surface area (Å²) in [6.45, 7) is 0.294. The Hall–Kier alpha value is -3.79. The monoisotopic (exact) mass is 361 g/mol. The quantitative estimate of drug-likeness (QED) is 0.704. The Morgan fingerprint density at radius 3 is 2.70 bits per heavy atom. The van der Waals surface area contributed by atoms with Gasteiger partial charge < -0.3 is 10.6 Å². The number of benzene rings is 2. The van der Waals surface area contributed by atoms with Crippen LogP contribution in [0.4, 0.5) is 15.9 Å². The fourth-order valence-corrected chi connectivity index (χ4v) is 2.43. The predicted octanol–water partition coefficient (Wildman–Crippen LogP) is 3.20. The number of amides is 1. The third-order valence-electron chi connectivity index (χ3n) is 3.79. The molecule has 0 saturated heterocycles. The van der Waals surface area contributed by atoms with Crippen LogP contribution in [0.2, 0.25) is 0 Å². The third-order valence-corrected chi connectivity index (χ3v) is 3.79. The van der Waals surface area contributed by atoms with Gasteiger partial charge in [-0.2, -0.15) is 5.26 Å². The van der Waals surface area contributed by atoms with Crippen LogP contribution in [-0.2, 0) is 6.42 Å². The first-order valence-corrected chi connectivity index (χ1v) is 8.26. The topological polar surface area (TPSA) is 90.7 Å². The summed E-state index contributed by atoms with van der Waals surface area (Å²) in [5.41, 5.74) is 1.94. The molecule has 7 heteroatoms. The van der Waals surface area contributed by atoms with Crippen LogP contribution in [-0.4, -0.2) is 22.4 Å².